The monoisotopic (exact) mass is 361 g/mol. The van der Waals surface area contributed by atoms with Crippen molar-refractivity contribution < 1.29 is 9.47 Å². The molecule has 3 heterocycles. The Morgan fingerprint density at radius 3 is 3.28 bits per heavy atom. The van der Waals surface area contributed by atoms with Gasteiger partial charge in [-0.05, 0) is 28.1 Å². The fourth-order valence-electron chi connectivity index (χ4n) is 2.12. The number of aromatic nitrogens is 2. The lowest BCUT2D eigenvalue weighted by molar-refractivity contribution is 0.00185. The van der Waals surface area contributed by atoms with Crippen LogP contribution in [0.25, 0.3) is 10.4 Å². The van der Waals surface area contributed by atoms with Crippen LogP contribution in [-0.4, -0.2) is 28.3 Å². The van der Waals surface area contributed by atoms with E-state index in [1.807, 2.05) is 22.6 Å². The van der Waals surface area contributed by atoms with E-state index in [0.717, 1.165) is 0 Å². The number of rotatable bonds is 1. The predicted molar refractivity (Wildman–Crippen MR) is 68.2 cm³/mol. The third-order valence-corrected chi connectivity index (χ3v) is 3.71. The molecule has 1 aromatic heterocycles. The van der Waals surface area contributed by atoms with Gasteiger partial charge in [-0.25, -0.2) is 0 Å². The standard InChI is InChI=1S/C9H8IN5O3/c10-4-2-15-7-1-5(13-14-11)6(18-7)3-17-9(15)12-8(4)16/h2,5-7H,1,3H2/t5-,6+,7+/m0/s1. The molecule has 18 heavy (non-hydrogen) atoms. The summed E-state index contributed by atoms with van der Waals surface area (Å²) < 4.78 is 13.3. The van der Waals surface area contributed by atoms with Gasteiger partial charge in [0.25, 0.3) is 5.56 Å². The maximum absolute atomic E-state index is 11.5. The molecule has 0 spiro atoms. The molecule has 1 saturated heterocycles. The van der Waals surface area contributed by atoms with Crippen LogP contribution in [0.2, 0.25) is 0 Å². The predicted octanol–water partition coefficient (Wildman–Crippen LogP) is 1.21. The van der Waals surface area contributed by atoms with Gasteiger partial charge in [-0.1, -0.05) is 5.11 Å². The topological polar surface area (TPSA) is 102 Å². The smallest absolute Gasteiger partial charge is 0.301 e. The molecular weight excluding hydrogens is 353 g/mol. The van der Waals surface area contributed by atoms with Gasteiger partial charge in [0.2, 0.25) is 0 Å². The van der Waals surface area contributed by atoms with Gasteiger partial charge in [-0.2, -0.15) is 4.98 Å². The van der Waals surface area contributed by atoms with Crippen LogP contribution >= 0.6 is 22.6 Å². The number of hydrogen-bond donors (Lipinski definition) is 0. The average Bonchev–Trinajstić information content (AvgIpc) is 2.65. The number of nitrogens with zero attached hydrogens (tertiary/aromatic N) is 5. The summed E-state index contributed by atoms with van der Waals surface area (Å²) in [6, 6.07) is 0.0116. The van der Waals surface area contributed by atoms with E-state index in [2.05, 4.69) is 15.0 Å². The highest BCUT2D eigenvalue weighted by atomic mass is 127. The third kappa shape index (κ3) is 1.84. The van der Waals surface area contributed by atoms with Crippen molar-refractivity contribution in [2.45, 2.75) is 24.8 Å². The van der Waals surface area contributed by atoms with Gasteiger partial charge in [0, 0.05) is 17.5 Å². The van der Waals surface area contributed by atoms with Crippen LogP contribution in [-0.2, 0) is 4.74 Å². The van der Waals surface area contributed by atoms with Crippen LogP contribution in [0, 0.1) is 3.57 Å². The fourth-order valence-corrected chi connectivity index (χ4v) is 2.54. The van der Waals surface area contributed by atoms with Crippen molar-refractivity contribution in [3.63, 3.8) is 0 Å². The van der Waals surface area contributed by atoms with Crippen molar-refractivity contribution in [3.8, 4) is 6.01 Å². The van der Waals surface area contributed by atoms with E-state index in [0.29, 0.717) is 9.99 Å². The van der Waals surface area contributed by atoms with E-state index >= 15 is 0 Å². The van der Waals surface area contributed by atoms with Crippen LogP contribution in [0.3, 0.4) is 0 Å². The number of hydrogen-bond acceptors (Lipinski definition) is 5. The first-order valence-electron chi connectivity index (χ1n) is 5.30. The maximum Gasteiger partial charge on any atom is 0.301 e. The van der Waals surface area contributed by atoms with E-state index in [4.69, 9.17) is 15.0 Å². The molecule has 3 atom stereocenters. The van der Waals surface area contributed by atoms with Crippen molar-refractivity contribution in [3.05, 3.63) is 30.6 Å². The average molecular weight is 361 g/mol. The van der Waals surface area contributed by atoms with E-state index in [1.165, 1.54) is 0 Å². The van der Waals surface area contributed by atoms with Gasteiger partial charge in [0.1, 0.15) is 18.9 Å². The summed E-state index contributed by atoms with van der Waals surface area (Å²) in [5.74, 6) is 0. The van der Waals surface area contributed by atoms with Crippen LogP contribution in [0.5, 0.6) is 6.01 Å². The highest BCUT2D eigenvalue weighted by Gasteiger charge is 2.39. The van der Waals surface area contributed by atoms with Gasteiger partial charge in [0.05, 0.1) is 9.61 Å². The van der Waals surface area contributed by atoms with Gasteiger partial charge < -0.3 is 9.47 Å². The molecule has 1 aromatic rings. The summed E-state index contributed by atoms with van der Waals surface area (Å²) in [4.78, 5) is 18.1. The Morgan fingerprint density at radius 2 is 2.50 bits per heavy atom. The molecule has 94 valence electrons. The zero-order chi connectivity index (χ0) is 12.7. The number of azide groups is 1. The van der Waals surface area contributed by atoms with Crippen LogP contribution in [0.4, 0.5) is 0 Å². The molecule has 0 N–H and O–H groups in total. The lowest BCUT2D eigenvalue weighted by atomic mass is 10.1. The Kier molecular flexibility index (Phi) is 2.88. The van der Waals surface area contributed by atoms with Gasteiger partial charge in [0.15, 0.2) is 0 Å². The van der Waals surface area contributed by atoms with Gasteiger partial charge in [-0.15, -0.1) is 0 Å². The maximum atomic E-state index is 11.5. The van der Waals surface area contributed by atoms with Crippen molar-refractivity contribution in [1.82, 2.24) is 9.55 Å². The molecule has 0 aromatic carbocycles. The molecule has 9 heteroatoms. The van der Waals surface area contributed by atoms with Crippen LogP contribution < -0.4 is 10.3 Å². The van der Waals surface area contributed by atoms with Crippen molar-refractivity contribution in [1.29, 1.82) is 0 Å². The lowest BCUT2D eigenvalue weighted by Crippen LogP contribution is -2.27. The molecule has 0 unspecified atom stereocenters. The summed E-state index contributed by atoms with van der Waals surface area (Å²) in [5, 5.41) is 3.70. The first kappa shape index (κ1) is 11.8. The molecule has 0 saturated carbocycles. The minimum absolute atomic E-state index is 0.229. The molecular formula is C9H8IN5O3. The SMILES string of the molecule is [N-]=[N+]=N[C@H]1C[C@H]2O[C@@H]1COc1nc(=O)c(I)cn12. The second-order valence-electron chi connectivity index (χ2n) is 4.03. The van der Waals surface area contributed by atoms with Crippen LogP contribution in [0.15, 0.2) is 16.1 Å². The highest BCUT2D eigenvalue weighted by molar-refractivity contribution is 14.1. The number of fused-ring (bicyclic) bond motifs is 4. The normalized spacial score (nSPS) is 28.8. The Bertz CT molecular complexity index is 596. The number of ether oxygens (including phenoxy) is 2. The summed E-state index contributed by atoms with van der Waals surface area (Å²) in [7, 11) is 0. The Morgan fingerprint density at radius 1 is 1.67 bits per heavy atom. The molecule has 0 amide bonds. The fraction of sp³-hybridized carbons (Fsp3) is 0.556. The second kappa shape index (κ2) is 4.41. The molecule has 8 nitrogen and oxygen atoms in total. The Balaban J connectivity index is 2.03. The van der Waals surface area contributed by atoms with Crippen molar-refractivity contribution in [2.75, 3.05) is 6.61 Å². The highest BCUT2D eigenvalue weighted by Crippen LogP contribution is 2.35. The van der Waals surface area contributed by atoms with E-state index < -0.39 is 0 Å². The van der Waals surface area contributed by atoms with Gasteiger partial charge in [-0.3, -0.25) is 9.36 Å². The molecule has 2 aliphatic heterocycles. The molecule has 3 rings (SSSR count). The summed E-state index contributed by atoms with van der Waals surface area (Å²) in [5.41, 5.74) is 8.18. The first-order chi connectivity index (χ1) is 8.69. The molecule has 0 radical (unpaired) electrons. The Labute approximate surface area is 115 Å². The van der Waals surface area contributed by atoms with E-state index in [9.17, 15) is 4.79 Å². The first-order valence-corrected chi connectivity index (χ1v) is 6.38. The lowest BCUT2D eigenvalue weighted by Gasteiger charge is -2.16. The molecule has 0 aliphatic carbocycles. The van der Waals surface area contributed by atoms with Crippen molar-refractivity contribution >= 4 is 22.6 Å². The van der Waals surface area contributed by atoms with Crippen molar-refractivity contribution in [2.24, 2.45) is 5.11 Å². The summed E-state index contributed by atoms with van der Waals surface area (Å²) >= 11 is 1.92. The zero-order valence-electron chi connectivity index (χ0n) is 9.06. The quantitative estimate of drug-likeness (QED) is 0.325. The Hall–Kier alpha value is -1.32. The molecule has 2 bridgehead atoms. The summed E-state index contributed by atoms with van der Waals surface area (Å²) in [6.45, 7) is 0.229. The zero-order valence-corrected chi connectivity index (χ0v) is 11.2. The van der Waals surface area contributed by atoms with E-state index in [1.54, 1.807) is 10.8 Å². The van der Waals surface area contributed by atoms with E-state index in [-0.39, 0.29) is 36.6 Å². The largest absolute Gasteiger partial charge is 0.462 e. The second-order valence-corrected chi connectivity index (χ2v) is 5.19. The molecule has 2 aliphatic rings. The van der Waals surface area contributed by atoms with Crippen LogP contribution in [0.1, 0.15) is 12.6 Å². The third-order valence-electron chi connectivity index (χ3n) is 2.97. The van der Waals surface area contributed by atoms with Gasteiger partial charge >= 0.3 is 6.01 Å². The summed E-state index contributed by atoms with van der Waals surface area (Å²) in [6.07, 6.45) is 1.62. The minimum Gasteiger partial charge on any atom is -0.462 e. The minimum atomic E-state index is -0.314. The molecule has 1 fully saturated rings. The number of halogens is 1.